The SMILES string of the molecule is CCCCNC(=O)OCCC(=O)NC[C@H]1[C@@H](C/C=C\CCCC(=O)O)[C@H]2CC[C@@H]1O2. The predicted molar refractivity (Wildman–Crippen MR) is 112 cm³/mol. The Labute approximate surface area is 178 Å². The molecule has 0 spiro atoms. The van der Waals surface area contributed by atoms with E-state index in [4.69, 9.17) is 14.6 Å². The zero-order valence-corrected chi connectivity index (χ0v) is 17.9. The summed E-state index contributed by atoms with van der Waals surface area (Å²) >= 11 is 0. The second-order valence-electron chi connectivity index (χ2n) is 8.08. The molecule has 0 aromatic heterocycles. The minimum absolute atomic E-state index is 0.0690. The lowest BCUT2D eigenvalue weighted by Crippen LogP contribution is -2.38. The average Bonchev–Trinajstić information content (AvgIpc) is 3.31. The molecule has 30 heavy (non-hydrogen) atoms. The van der Waals surface area contributed by atoms with Crippen molar-refractivity contribution in [3.63, 3.8) is 0 Å². The van der Waals surface area contributed by atoms with Gasteiger partial charge in [0, 0.05) is 25.4 Å². The number of rotatable bonds is 14. The summed E-state index contributed by atoms with van der Waals surface area (Å²) < 4.78 is 11.1. The van der Waals surface area contributed by atoms with Gasteiger partial charge in [-0.1, -0.05) is 25.5 Å². The van der Waals surface area contributed by atoms with E-state index in [-0.39, 0.29) is 43.5 Å². The van der Waals surface area contributed by atoms with Gasteiger partial charge >= 0.3 is 12.1 Å². The van der Waals surface area contributed by atoms with Crippen LogP contribution in [-0.2, 0) is 19.1 Å². The molecule has 2 heterocycles. The molecule has 3 N–H and O–H groups in total. The summed E-state index contributed by atoms with van der Waals surface area (Å²) in [4.78, 5) is 34.1. The molecule has 2 bridgehead atoms. The number of unbranched alkanes of at least 4 members (excludes halogenated alkanes) is 2. The number of nitrogens with one attached hydrogen (secondary N) is 2. The van der Waals surface area contributed by atoms with Gasteiger partial charge in [-0.05, 0) is 44.4 Å². The highest BCUT2D eigenvalue weighted by atomic mass is 16.5. The zero-order valence-electron chi connectivity index (χ0n) is 17.9. The molecule has 0 radical (unpaired) electrons. The number of carboxylic acids is 1. The number of fused-ring (bicyclic) bond motifs is 2. The summed E-state index contributed by atoms with van der Waals surface area (Å²) in [7, 11) is 0. The molecule has 2 saturated heterocycles. The van der Waals surface area contributed by atoms with Crippen LogP contribution in [0.15, 0.2) is 12.2 Å². The number of carboxylic acid groups (broad SMARTS) is 1. The molecule has 2 rings (SSSR count). The number of alkyl carbamates (subject to hydrolysis) is 1. The number of ether oxygens (including phenoxy) is 2. The van der Waals surface area contributed by atoms with Crippen molar-refractivity contribution in [2.75, 3.05) is 19.7 Å². The highest BCUT2D eigenvalue weighted by Gasteiger charge is 2.47. The third-order valence-electron chi connectivity index (χ3n) is 5.82. The van der Waals surface area contributed by atoms with Crippen molar-refractivity contribution in [2.24, 2.45) is 11.8 Å². The second-order valence-corrected chi connectivity index (χ2v) is 8.08. The van der Waals surface area contributed by atoms with Gasteiger partial charge in [-0.3, -0.25) is 9.59 Å². The third kappa shape index (κ3) is 8.34. The number of hydrogen-bond donors (Lipinski definition) is 3. The van der Waals surface area contributed by atoms with Crippen molar-refractivity contribution >= 4 is 18.0 Å². The Morgan fingerprint density at radius 3 is 2.57 bits per heavy atom. The van der Waals surface area contributed by atoms with Crippen LogP contribution in [0, 0.1) is 11.8 Å². The van der Waals surface area contributed by atoms with Crippen LogP contribution in [0.2, 0.25) is 0 Å². The molecule has 8 nitrogen and oxygen atoms in total. The van der Waals surface area contributed by atoms with Crippen molar-refractivity contribution in [2.45, 2.75) is 76.9 Å². The first-order chi connectivity index (χ1) is 14.5. The van der Waals surface area contributed by atoms with Gasteiger partial charge in [0.15, 0.2) is 0 Å². The van der Waals surface area contributed by atoms with Gasteiger partial charge in [-0.2, -0.15) is 0 Å². The fraction of sp³-hybridized carbons (Fsp3) is 0.773. The van der Waals surface area contributed by atoms with E-state index >= 15 is 0 Å². The number of carbonyl (C=O) groups excluding carboxylic acids is 2. The van der Waals surface area contributed by atoms with Crippen LogP contribution in [0.5, 0.6) is 0 Å². The monoisotopic (exact) mass is 424 g/mol. The Kier molecular flexibility index (Phi) is 10.7. The molecular weight excluding hydrogens is 388 g/mol. The van der Waals surface area contributed by atoms with Crippen molar-refractivity contribution in [1.82, 2.24) is 10.6 Å². The van der Waals surface area contributed by atoms with Gasteiger partial charge in [-0.15, -0.1) is 0 Å². The minimum atomic E-state index is -0.761. The molecule has 0 saturated carbocycles. The lowest BCUT2D eigenvalue weighted by molar-refractivity contribution is -0.137. The second kappa shape index (κ2) is 13.3. The molecule has 4 atom stereocenters. The largest absolute Gasteiger partial charge is 0.481 e. The Morgan fingerprint density at radius 1 is 1.07 bits per heavy atom. The summed E-state index contributed by atoms with van der Waals surface area (Å²) in [6, 6.07) is 0. The van der Waals surface area contributed by atoms with Gasteiger partial charge in [0.05, 0.1) is 18.6 Å². The van der Waals surface area contributed by atoms with Crippen LogP contribution >= 0.6 is 0 Å². The van der Waals surface area contributed by atoms with Gasteiger partial charge in [0.1, 0.15) is 6.61 Å². The Hall–Kier alpha value is -2.09. The average molecular weight is 425 g/mol. The molecule has 2 aliphatic heterocycles. The van der Waals surface area contributed by atoms with E-state index in [0.717, 1.165) is 38.5 Å². The molecule has 2 aliphatic rings. The van der Waals surface area contributed by atoms with E-state index in [1.165, 1.54) is 0 Å². The summed E-state index contributed by atoms with van der Waals surface area (Å²) in [5.41, 5.74) is 0. The maximum Gasteiger partial charge on any atom is 0.407 e. The Bertz CT molecular complexity index is 594. The summed E-state index contributed by atoms with van der Waals surface area (Å²) in [5, 5.41) is 14.3. The van der Waals surface area contributed by atoms with E-state index in [9.17, 15) is 14.4 Å². The first-order valence-corrected chi connectivity index (χ1v) is 11.2. The van der Waals surface area contributed by atoms with Crippen LogP contribution in [-0.4, -0.2) is 55.0 Å². The smallest absolute Gasteiger partial charge is 0.407 e. The molecule has 0 aliphatic carbocycles. The standard InChI is InChI=1S/C22H36N2O6/c1-2-3-13-23-22(28)29-14-12-20(25)24-15-17-16(18-10-11-19(17)30-18)8-6-4-5-7-9-21(26)27/h4,6,16-19H,2-3,5,7-15H2,1H3,(H,23,28)(H,24,25)(H,26,27)/b6-4-/t16-,17+,18-,19+/m1/s1. The number of allylic oxidation sites excluding steroid dienone is 2. The molecule has 2 fully saturated rings. The highest BCUT2D eigenvalue weighted by Crippen LogP contribution is 2.44. The number of carbonyl (C=O) groups is 3. The third-order valence-corrected chi connectivity index (χ3v) is 5.82. The van der Waals surface area contributed by atoms with Gasteiger partial charge in [0.2, 0.25) is 5.91 Å². The topological polar surface area (TPSA) is 114 Å². The first kappa shape index (κ1) is 24.2. The lowest BCUT2D eigenvalue weighted by atomic mass is 9.77. The maximum atomic E-state index is 12.1. The van der Waals surface area contributed by atoms with Crippen molar-refractivity contribution < 1.29 is 29.0 Å². The van der Waals surface area contributed by atoms with Crippen molar-refractivity contribution in [3.05, 3.63) is 12.2 Å². The molecule has 0 aromatic rings. The molecule has 8 heteroatoms. The van der Waals surface area contributed by atoms with Crippen molar-refractivity contribution in [3.8, 4) is 0 Å². The van der Waals surface area contributed by atoms with E-state index in [1.807, 2.05) is 13.0 Å². The minimum Gasteiger partial charge on any atom is -0.481 e. The Balaban J connectivity index is 1.65. The van der Waals surface area contributed by atoms with Gasteiger partial charge in [-0.25, -0.2) is 4.79 Å². The molecule has 0 unspecified atom stereocenters. The number of amides is 2. The summed E-state index contributed by atoms with van der Waals surface area (Å²) in [6.07, 6.45) is 10.8. The zero-order chi connectivity index (χ0) is 21.8. The van der Waals surface area contributed by atoms with Crippen molar-refractivity contribution in [1.29, 1.82) is 0 Å². The molecular formula is C22H36N2O6. The quantitative estimate of drug-likeness (QED) is 0.292. The van der Waals surface area contributed by atoms with Gasteiger partial charge < -0.3 is 25.2 Å². The predicted octanol–water partition coefficient (Wildman–Crippen LogP) is 3.01. The van der Waals surface area contributed by atoms with Crippen LogP contribution < -0.4 is 10.6 Å². The number of aliphatic carboxylic acids is 1. The summed E-state index contributed by atoms with van der Waals surface area (Å²) in [5.74, 6) is -0.222. The molecule has 170 valence electrons. The highest BCUT2D eigenvalue weighted by molar-refractivity contribution is 5.76. The van der Waals surface area contributed by atoms with E-state index in [1.54, 1.807) is 0 Å². The summed E-state index contributed by atoms with van der Waals surface area (Å²) in [6.45, 7) is 3.27. The Morgan fingerprint density at radius 2 is 1.83 bits per heavy atom. The van der Waals surface area contributed by atoms with E-state index in [2.05, 4.69) is 16.7 Å². The lowest BCUT2D eigenvalue weighted by Gasteiger charge is -2.27. The molecule has 0 aromatic carbocycles. The van der Waals surface area contributed by atoms with Crippen LogP contribution in [0.1, 0.15) is 64.7 Å². The van der Waals surface area contributed by atoms with Crippen LogP contribution in [0.3, 0.4) is 0 Å². The van der Waals surface area contributed by atoms with Gasteiger partial charge in [0.25, 0.3) is 0 Å². The van der Waals surface area contributed by atoms with Crippen LogP contribution in [0.4, 0.5) is 4.79 Å². The van der Waals surface area contributed by atoms with E-state index in [0.29, 0.717) is 25.4 Å². The van der Waals surface area contributed by atoms with Crippen LogP contribution in [0.25, 0.3) is 0 Å². The fourth-order valence-corrected chi connectivity index (χ4v) is 4.20. The maximum absolute atomic E-state index is 12.1. The first-order valence-electron chi connectivity index (χ1n) is 11.2. The van der Waals surface area contributed by atoms with E-state index < -0.39 is 12.1 Å². The number of hydrogen-bond acceptors (Lipinski definition) is 5. The fourth-order valence-electron chi connectivity index (χ4n) is 4.20. The normalized spacial score (nSPS) is 24.8. The molecule has 2 amide bonds.